The zero-order chi connectivity index (χ0) is 26.8. The number of fused-ring (bicyclic) bond motifs is 3. The van der Waals surface area contributed by atoms with Gasteiger partial charge >= 0.3 is 5.97 Å². The summed E-state index contributed by atoms with van der Waals surface area (Å²) >= 11 is 0. The maximum atomic E-state index is 12.4. The fourth-order valence-corrected chi connectivity index (χ4v) is 9.68. The molecular formula is C33H45NO5. The first-order chi connectivity index (χ1) is 19.0. The zero-order valence-electron chi connectivity index (χ0n) is 23.8. The number of aliphatic hydroxyl groups excluding tert-OH is 1. The van der Waals surface area contributed by atoms with Crippen LogP contribution in [-0.2, 0) is 19.0 Å². The number of methoxy groups -OCH3 is 1. The molecule has 0 aromatic carbocycles. The van der Waals surface area contributed by atoms with E-state index >= 15 is 0 Å². The number of allylic oxidation sites excluding steroid dienone is 2. The van der Waals surface area contributed by atoms with E-state index in [0.717, 1.165) is 49.0 Å². The molecule has 0 unspecified atom stereocenters. The van der Waals surface area contributed by atoms with Gasteiger partial charge in [-0.15, -0.1) is 0 Å². The van der Waals surface area contributed by atoms with Gasteiger partial charge in [-0.25, -0.2) is 4.79 Å². The molecule has 5 heterocycles. The molecule has 0 radical (unpaired) electrons. The molecule has 6 heteroatoms. The van der Waals surface area contributed by atoms with E-state index in [1.807, 2.05) is 0 Å². The molecule has 212 valence electrons. The molecule has 0 aromatic rings. The fraction of sp³-hybridized carbons (Fsp3) is 0.727. The van der Waals surface area contributed by atoms with Crippen molar-refractivity contribution in [1.29, 1.82) is 0 Å². The molecule has 6 nitrogen and oxygen atoms in total. The molecule has 7 rings (SSSR count). The molecule has 2 aliphatic carbocycles. The number of ether oxygens (including phenoxy) is 3. The molecule has 5 aliphatic heterocycles. The van der Waals surface area contributed by atoms with Crippen molar-refractivity contribution in [2.24, 2.45) is 35.5 Å². The zero-order valence-corrected chi connectivity index (χ0v) is 23.8. The number of nitrogens with zero attached hydrogens (tertiary/aromatic N) is 1. The average Bonchev–Trinajstić information content (AvgIpc) is 3.63. The standard InChI is InChI=1S/C33H45NO5/c1-18-27-25-15-12-21-11-13-24(14-16-26(27)38-31(18)32-30(37-3)19(2)33(36)39-32)34(25)28(21)29(35)23-10-6-9-22(17-23)20-7-4-5-8-20/h6,10,16,18,20-25,27-29,35H,4-5,7-9,11-15,17H2,1-3H3/t18-,21+,22-,23+,24-,25-,27+,28-,29-/m0/s1. The SMILES string of the molecule is COC1=C(C)C(=O)OC1=C1OC2=CC[C@@H]3CC[C@@H]4CC[C@@H]([C@H]2[C@@H]1C)N3[C@@H]4[C@@H](O)[C@@H]1C=CC[C@H](C2CCCC2)C1. The van der Waals surface area contributed by atoms with Crippen LogP contribution in [0.5, 0.6) is 0 Å². The monoisotopic (exact) mass is 535 g/mol. The van der Waals surface area contributed by atoms with Gasteiger partial charge in [-0.2, -0.15) is 0 Å². The number of aliphatic hydroxyl groups is 1. The maximum Gasteiger partial charge on any atom is 0.343 e. The predicted molar refractivity (Wildman–Crippen MR) is 148 cm³/mol. The molecule has 7 aliphatic rings. The van der Waals surface area contributed by atoms with E-state index in [1.165, 1.54) is 44.9 Å². The van der Waals surface area contributed by atoms with Crippen LogP contribution >= 0.6 is 0 Å². The number of hydrogen-bond acceptors (Lipinski definition) is 6. The summed E-state index contributed by atoms with van der Waals surface area (Å²) in [6, 6.07) is 0.979. The van der Waals surface area contributed by atoms with Gasteiger partial charge in [-0.3, -0.25) is 4.90 Å². The maximum absolute atomic E-state index is 12.4. The van der Waals surface area contributed by atoms with E-state index in [2.05, 4.69) is 30.1 Å². The Morgan fingerprint density at radius 3 is 2.62 bits per heavy atom. The Balaban J connectivity index is 1.18. The Hall–Kier alpha value is -2.05. The molecule has 0 aromatic heterocycles. The first-order valence-corrected chi connectivity index (χ1v) is 15.7. The Bertz CT molecular complexity index is 1130. The van der Waals surface area contributed by atoms with Crippen LogP contribution in [0.2, 0.25) is 0 Å². The van der Waals surface area contributed by atoms with Crippen molar-refractivity contribution in [3.63, 3.8) is 0 Å². The van der Waals surface area contributed by atoms with Crippen LogP contribution in [0.3, 0.4) is 0 Å². The van der Waals surface area contributed by atoms with Crippen molar-refractivity contribution in [3.05, 3.63) is 46.8 Å². The van der Waals surface area contributed by atoms with Crippen LogP contribution in [0.25, 0.3) is 0 Å². The van der Waals surface area contributed by atoms with Crippen LogP contribution in [0.1, 0.15) is 84.5 Å². The number of piperidine rings is 2. The predicted octanol–water partition coefficient (Wildman–Crippen LogP) is 5.99. The summed E-state index contributed by atoms with van der Waals surface area (Å²) in [5, 5.41) is 12.1. The molecule has 1 N–H and O–H groups in total. The van der Waals surface area contributed by atoms with Gasteiger partial charge in [0.2, 0.25) is 5.76 Å². The molecule has 2 bridgehead atoms. The minimum atomic E-state index is -0.359. The lowest BCUT2D eigenvalue weighted by Crippen LogP contribution is -2.65. The van der Waals surface area contributed by atoms with Gasteiger partial charge in [-0.05, 0) is 75.7 Å². The second-order valence-electron chi connectivity index (χ2n) is 13.4. The van der Waals surface area contributed by atoms with E-state index in [9.17, 15) is 9.90 Å². The normalized spacial score (nSPS) is 43.1. The second kappa shape index (κ2) is 10.1. The minimum absolute atomic E-state index is 0.0662. The highest BCUT2D eigenvalue weighted by molar-refractivity contribution is 5.93. The smallest absolute Gasteiger partial charge is 0.343 e. The number of hydrogen-bond donors (Lipinski definition) is 1. The van der Waals surface area contributed by atoms with E-state index in [0.29, 0.717) is 35.1 Å². The van der Waals surface area contributed by atoms with Gasteiger partial charge in [0, 0.05) is 35.9 Å². The fourth-order valence-electron chi connectivity index (χ4n) is 9.68. The van der Waals surface area contributed by atoms with Crippen molar-refractivity contribution in [2.45, 2.75) is 109 Å². The lowest BCUT2D eigenvalue weighted by atomic mass is 9.67. The Morgan fingerprint density at radius 2 is 1.82 bits per heavy atom. The van der Waals surface area contributed by atoms with Gasteiger partial charge < -0.3 is 19.3 Å². The third-order valence-electron chi connectivity index (χ3n) is 11.6. The molecule has 1 saturated carbocycles. The third-order valence-corrected chi connectivity index (χ3v) is 11.6. The van der Waals surface area contributed by atoms with Crippen molar-refractivity contribution < 1.29 is 24.1 Å². The third kappa shape index (κ3) is 4.15. The first-order valence-electron chi connectivity index (χ1n) is 15.7. The highest BCUT2D eigenvalue weighted by atomic mass is 16.6. The number of esters is 1. The van der Waals surface area contributed by atoms with Gasteiger partial charge in [0.1, 0.15) is 5.76 Å². The number of carbonyl (C=O) groups is 1. The largest absolute Gasteiger partial charge is 0.492 e. The van der Waals surface area contributed by atoms with E-state index in [4.69, 9.17) is 14.2 Å². The summed E-state index contributed by atoms with van der Waals surface area (Å²) in [6.07, 6.45) is 20.2. The van der Waals surface area contributed by atoms with E-state index in [-0.39, 0.29) is 35.9 Å². The number of carbonyl (C=O) groups excluding carboxylic acids is 1. The second-order valence-corrected chi connectivity index (χ2v) is 13.4. The number of rotatable bonds is 4. The molecule has 0 spiro atoms. The molecular weight excluding hydrogens is 490 g/mol. The molecule has 39 heavy (non-hydrogen) atoms. The van der Waals surface area contributed by atoms with Crippen LogP contribution < -0.4 is 0 Å². The molecule has 9 atom stereocenters. The van der Waals surface area contributed by atoms with Gasteiger partial charge in [0.25, 0.3) is 0 Å². The summed E-state index contributed by atoms with van der Waals surface area (Å²) in [7, 11) is 1.58. The van der Waals surface area contributed by atoms with Crippen molar-refractivity contribution in [3.8, 4) is 0 Å². The van der Waals surface area contributed by atoms with Crippen molar-refractivity contribution in [2.75, 3.05) is 7.11 Å². The highest BCUT2D eigenvalue weighted by Crippen LogP contribution is 2.54. The van der Waals surface area contributed by atoms with Crippen LogP contribution in [0.15, 0.2) is 46.8 Å². The lowest BCUT2D eigenvalue weighted by Gasteiger charge is -2.57. The Labute approximate surface area is 233 Å². The first kappa shape index (κ1) is 25.9. The van der Waals surface area contributed by atoms with Crippen molar-refractivity contribution >= 4 is 5.97 Å². The molecule has 3 saturated heterocycles. The van der Waals surface area contributed by atoms with Crippen LogP contribution in [0.4, 0.5) is 0 Å². The minimum Gasteiger partial charge on any atom is -0.492 e. The van der Waals surface area contributed by atoms with Gasteiger partial charge in [0.15, 0.2) is 11.5 Å². The van der Waals surface area contributed by atoms with Crippen molar-refractivity contribution in [1.82, 2.24) is 4.90 Å². The highest BCUT2D eigenvalue weighted by Gasteiger charge is 2.55. The molecule has 0 amide bonds. The van der Waals surface area contributed by atoms with Gasteiger partial charge in [0.05, 0.1) is 18.8 Å². The summed E-state index contributed by atoms with van der Waals surface area (Å²) < 4.78 is 17.8. The summed E-state index contributed by atoms with van der Waals surface area (Å²) in [5.41, 5.74) is 0.494. The Morgan fingerprint density at radius 1 is 1.03 bits per heavy atom. The quantitative estimate of drug-likeness (QED) is 0.352. The van der Waals surface area contributed by atoms with E-state index < -0.39 is 0 Å². The topological polar surface area (TPSA) is 68.2 Å². The lowest BCUT2D eigenvalue weighted by molar-refractivity contribution is -0.133. The molecule has 4 fully saturated rings. The number of cyclic esters (lactones) is 1. The van der Waals surface area contributed by atoms with E-state index in [1.54, 1.807) is 14.0 Å². The Kier molecular flexibility index (Phi) is 6.70. The average molecular weight is 536 g/mol. The van der Waals surface area contributed by atoms with Crippen LogP contribution in [-0.4, -0.2) is 47.3 Å². The summed E-state index contributed by atoms with van der Waals surface area (Å²) in [6.45, 7) is 3.95. The summed E-state index contributed by atoms with van der Waals surface area (Å²) in [4.78, 5) is 15.1. The van der Waals surface area contributed by atoms with Crippen LogP contribution in [0, 0.1) is 35.5 Å². The summed E-state index contributed by atoms with van der Waals surface area (Å²) in [5.74, 6) is 5.00. The van der Waals surface area contributed by atoms with Gasteiger partial charge in [-0.1, -0.05) is 44.8 Å².